The molecule has 2 aliphatic rings. The van der Waals surface area contributed by atoms with Crippen LogP contribution >= 0.6 is 0 Å². The molecule has 1 fully saturated rings. The lowest BCUT2D eigenvalue weighted by Crippen LogP contribution is -2.60. The Labute approximate surface area is 195 Å². The lowest BCUT2D eigenvalue weighted by molar-refractivity contribution is -0.129. The Morgan fingerprint density at radius 1 is 1.15 bits per heavy atom. The molecular weight excluding hydrogens is 418 g/mol. The van der Waals surface area contributed by atoms with E-state index in [1.165, 1.54) is 24.2 Å². The van der Waals surface area contributed by atoms with E-state index in [0.29, 0.717) is 13.0 Å². The standard InChI is InChI=1S/C25H33N5O3/c1-5-29(25(32)33)22-13-17(2)30(4,18(3)31)23-10-9-19(14-21(22)23)20-15-26-24(27-16-20)28-11-7-6-8-12-28/h9-10,14-17,22H,5-8,11-13H2,1-4H3/p+1/t17-,22?,30+/m0/s1. The third-order valence-electron chi connectivity index (χ3n) is 7.56. The SMILES string of the molecule is CCN(C(=O)O)C1C[C@H](C)[N@+](C)(C(C)=O)c2ccc(-c3cnc(N4CCCCC4)nc3)cc21. The highest BCUT2D eigenvalue weighted by atomic mass is 16.4. The van der Waals surface area contributed by atoms with Crippen LogP contribution in [0.15, 0.2) is 30.6 Å². The minimum absolute atomic E-state index is 0.0357. The van der Waals surface area contributed by atoms with Gasteiger partial charge in [-0.1, -0.05) is 0 Å². The number of carbonyl (C=O) groups is 2. The summed E-state index contributed by atoms with van der Waals surface area (Å²) in [5.74, 6) is 0.800. The molecule has 1 aromatic heterocycles. The molecule has 33 heavy (non-hydrogen) atoms. The zero-order valence-electron chi connectivity index (χ0n) is 20.0. The molecule has 3 heterocycles. The Morgan fingerprint density at radius 3 is 2.39 bits per heavy atom. The van der Waals surface area contributed by atoms with Crippen LogP contribution < -0.4 is 9.38 Å². The highest BCUT2D eigenvalue weighted by Crippen LogP contribution is 2.45. The van der Waals surface area contributed by atoms with Crippen molar-refractivity contribution < 1.29 is 14.7 Å². The van der Waals surface area contributed by atoms with Crippen molar-refractivity contribution in [2.24, 2.45) is 0 Å². The molecule has 1 unspecified atom stereocenters. The third-order valence-corrected chi connectivity index (χ3v) is 7.56. The highest BCUT2D eigenvalue weighted by Gasteiger charge is 2.47. The van der Waals surface area contributed by atoms with Gasteiger partial charge in [-0.15, -0.1) is 0 Å². The van der Waals surface area contributed by atoms with Gasteiger partial charge < -0.3 is 14.9 Å². The maximum absolute atomic E-state index is 12.7. The van der Waals surface area contributed by atoms with Gasteiger partial charge in [0.05, 0.1) is 26.1 Å². The number of quaternary nitrogens is 1. The number of piperidine rings is 1. The molecule has 1 aromatic carbocycles. The van der Waals surface area contributed by atoms with Crippen molar-refractivity contribution in [1.82, 2.24) is 19.4 Å². The van der Waals surface area contributed by atoms with Crippen molar-refractivity contribution in [1.29, 1.82) is 0 Å². The van der Waals surface area contributed by atoms with Crippen LogP contribution in [0.3, 0.4) is 0 Å². The zero-order chi connectivity index (χ0) is 23.8. The van der Waals surface area contributed by atoms with Crippen molar-refractivity contribution in [3.63, 3.8) is 0 Å². The van der Waals surface area contributed by atoms with E-state index in [2.05, 4.69) is 14.9 Å². The van der Waals surface area contributed by atoms with E-state index >= 15 is 0 Å². The van der Waals surface area contributed by atoms with Crippen LogP contribution in [0.25, 0.3) is 11.1 Å². The molecule has 8 nitrogen and oxygen atoms in total. The maximum atomic E-state index is 12.7. The molecule has 1 saturated heterocycles. The van der Waals surface area contributed by atoms with Crippen LogP contribution in [0.4, 0.5) is 16.4 Å². The van der Waals surface area contributed by atoms with Gasteiger partial charge in [0.25, 0.3) is 0 Å². The number of amides is 2. The molecule has 2 aromatic rings. The predicted octanol–water partition coefficient (Wildman–Crippen LogP) is 4.45. The lowest BCUT2D eigenvalue weighted by Gasteiger charge is -2.45. The van der Waals surface area contributed by atoms with E-state index in [9.17, 15) is 14.7 Å². The van der Waals surface area contributed by atoms with Gasteiger partial charge in [-0.2, -0.15) is 0 Å². The summed E-state index contributed by atoms with van der Waals surface area (Å²) in [6.07, 6.45) is 6.91. The van der Waals surface area contributed by atoms with E-state index in [4.69, 9.17) is 0 Å². The first kappa shape index (κ1) is 23.2. The van der Waals surface area contributed by atoms with Gasteiger partial charge in [0.15, 0.2) is 0 Å². The van der Waals surface area contributed by atoms with Crippen molar-refractivity contribution >= 4 is 23.6 Å². The van der Waals surface area contributed by atoms with Crippen LogP contribution in [0, 0.1) is 0 Å². The van der Waals surface area contributed by atoms with Crippen molar-refractivity contribution in [3.05, 3.63) is 36.2 Å². The Balaban J connectivity index is 1.76. The van der Waals surface area contributed by atoms with Crippen LogP contribution in [0.2, 0.25) is 0 Å². The smallest absolute Gasteiger partial charge is 0.407 e. The second-order valence-corrected chi connectivity index (χ2v) is 9.36. The Morgan fingerprint density at radius 2 is 1.82 bits per heavy atom. The topological polar surface area (TPSA) is 86.6 Å². The first-order valence-corrected chi connectivity index (χ1v) is 11.9. The minimum atomic E-state index is -0.945. The average Bonchev–Trinajstić information content (AvgIpc) is 2.82. The molecule has 2 aliphatic heterocycles. The second-order valence-electron chi connectivity index (χ2n) is 9.36. The Kier molecular flexibility index (Phi) is 6.38. The summed E-state index contributed by atoms with van der Waals surface area (Å²) in [4.78, 5) is 37.7. The summed E-state index contributed by atoms with van der Waals surface area (Å²) in [7, 11) is 1.93. The molecule has 4 rings (SSSR count). The van der Waals surface area contributed by atoms with Gasteiger partial charge in [0.2, 0.25) is 5.95 Å². The lowest BCUT2D eigenvalue weighted by atomic mass is 9.86. The molecular formula is C25H34N5O3+. The molecule has 8 heteroatoms. The normalized spacial score (nSPS) is 24.8. The summed E-state index contributed by atoms with van der Waals surface area (Å²) in [5, 5.41) is 9.85. The number of carbonyl (C=O) groups excluding carboxylic acids is 1. The largest absolute Gasteiger partial charge is 0.465 e. The summed E-state index contributed by atoms with van der Waals surface area (Å²) >= 11 is 0. The summed E-state index contributed by atoms with van der Waals surface area (Å²) in [5.41, 5.74) is 3.55. The summed E-state index contributed by atoms with van der Waals surface area (Å²) in [6, 6.07) is 5.64. The number of aromatic nitrogens is 2. The Hall–Kier alpha value is -3.00. The number of hydrogen-bond acceptors (Lipinski definition) is 5. The third kappa shape index (κ3) is 4.08. The molecule has 176 valence electrons. The minimum Gasteiger partial charge on any atom is -0.465 e. The van der Waals surface area contributed by atoms with E-state index in [1.54, 1.807) is 6.92 Å². The number of anilines is 1. The molecule has 1 N–H and O–H groups in total. The molecule has 2 amide bonds. The molecule has 0 spiro atoms. The van der Waals surface area contributed by atoms with Crippen LogP contribution in [-0.2, 0) is 4.79 Å². The monoisotopic (exact) mass is 452 g/mol. The second kappa shape index (κ2) is 9.09. The van der Waals surface area contributed by atoms with E-state index in [1.807, 2.05) is 51.5 Å². The number of rotatable bonds is 4. The van der Waals surface area contributed by atoms with Crippen LogP contribution in [0.5, 0.6) is 0 Å². The van der Waals surface area contributed by atoms with E-state index in [-0.39, 0.29) is 22.5 Å². The van der Waals surface area contributed by atoms with E-state index < -0.39 is 6.09 Å². The number of carboxylic acid groups (broad SMARTS) is 1. The summed E-state index contributed by atoms with van der Waals surface area (Å²) in [6.45, 7) is 7.84. The number of hydrogen-bond donors (Lipinski definition) is 1. The van der Waals surface area contributed by atoms with Crippen molar-refractivity contribution in [2.75, 3.05) is 31.6 Å². The number of fused-ring (bicyclic) bond motifs is 1. The molecule has 0 aliphatic carbocycles. The van der Waals surface area contributed by atoms with E-state index in [0.717, 1.165) is 41.4 Å². The quantitative estimate of drug-likeness (QED) is 0.690. The zero-order valence-corrected chi connectivity index (χ0v) is 20.0. The fraction of sp³-hybridized carbons (Fsp3) is 0.520. The van der Waals surface area contributed by atoms with Gasteiger partial charge in [-0.3, -0.25) is 0 Å². The fourth-order valence-corrected chi connectivity index (χ4v) is 5.31. The first-order valence-electron chi connectivity index (χ1n) is 11.9. The van der Waals surface area contributed by atoms with Crippen molar-refractivity contribution in [3.8, 4) is 11.1 Å². The maximum Gasteiger partial charge on any atom is 0.407 e. The van der Waals surface area contributed by atoms with Gasteiger partial charge in [0, 0.05) is 55.6 Å². The highest BCUT2D eigenvalue weighted by molar-refractivity contribution is 5.89. The van der Waals surface area contributed by atoms with Gasteiger partial charge in [-0.05, 0) is 50.8 Å². The first-order chi connectivity index (χ1) is 15.8. The average molecular weight is 453 g/mol. The molecule has 0 saturated carbocycles. The molecule has 0 bridgehead atoms. The van der Waals surface area contributed by atoms with Gasteiger partial charge in [-0.25, -0.2) is 24.0 Å². The molecule has 0 radical (unpaired) electrons. The summed E-state index contributed by atoms with van der Waals surface area (Å²) < 4.78 is 0.160. The Bertz CT molecular complexity index is 1030. The van der Waals surface area contributed by atoms with Crippen LogP contribution in [-0.4, -0.2) is 64.7 Å². The van der Waals surface area contributed by atoms with Gasteiger partial charge >= 0.3 is 12.0 Å². The van der Waals surface area contributed by atoms with Gasteiger partial charge in [0.1, 0.15) is 5.69 Å². The predicted molar refractivity (Wildman–Crippen MR) is 129 cm³/mol. The number of nitrogens with zero attached hydrogens (tertiary/aromatic N) is 5. The van der Waals surface area contributed by atoms with Crippen molar-refractivity contribution in [2.45, 2.75) is 58.5 Å². The fourth-order valence-electron chi connectivity index (χ4n) is 5.31. The molecule has 3 atom stereocenters. The van der Waals surface area contributed by atoms with Crippen LogP contribution in [0.1, 0.15) is 58.1 Å². The number of benzene rings is 1.